The first kappa shape index (κ1) is 25.8. The SMILES string of the molecule is CC(=O)c1ccc(NOC(=O)[C@H](Cc2ccc([N+](=O)[O-])cc2)NC(=O)C2CCC(CN)CC2)cc1. The van der Waals surface area contributed by atoms with Crippen LogP contribution < -0.4 is 16.5 Å². The Morgan fingerprint density at radius 3 is 2.23 bits per heavy atom. The van der Waals surface area contributed by atoms with Crippen molar-refractivity contribution in [2.75, 3.05) is 12.0 Å². The number of nitrogens with two attached hydrogens (primary N) is 1. The van der Waals surface area contributed by atoms with Crippen LogP contribution in [0.1, 0.15) is 48.5 Å². The molecule has 1 fully saturated rings. The van der Waals surface area contributed by atoms with Crippen LogP contribution in [0.3, 0.4) is 0 Å². The van der Waals surface area contributed by atoms with Crippen LogP contribution in [0.25, 0.3) is 0 Å². The maximum atomic E-state index is 12.9. The van der Waals surface area contributed by atoms with E-state index in [1.165, 1.54) is 19.1 Å². The lowest BCUT2D eigenvalue weighted by Crippen LogP contribution is -2.47. The maximum absolute atomic E-state index is 12.9. The van der Waals surface area contributed by atoms with Crippen molar-refractivity contribution in [2.45, 2.75) is 45.1 Å². The molecule has 2 aromatic carbocycles. The number of anilines is 1. The summed E-state index contributed by atoms with van der Waals surface area (Å²) in [6.45, 7) is 2.05. The van der Waals surface area contributed by atoms with Gasteiger partial charge in [-0.25, -0.2) is 10.3 Å². The summed E-state index contributed by atoms with van der Waals surface area (Å²) >= 11 is 0. The summed E-state index contributed by atoms with van der Waals surface area (Å²) in [6, 6.07) is 11.2. The Morgan fingerprint density at radius 2 is 1.69 bits per heavy atom. The fourth-order valence-electron chi connectivity index (χ4n) is 4.09. The molecule has 0 saturated heterocycles. The van der Waals surface area contributed by atoms with Crippen molar-refractivity contribution in [2.24, 2.45) is 17.6 Å². The topological polar surface area (TPSA) is 154 Å². The number of nitrogens with one attached hydrogen (secondary N) is 2. The molecular weight excluding hydrogens is 452 g/mol. The number of Topliss-reactive ketones (excluding diaryl/α,β-unsaturated/α-hetero) is 1. The first-order valence-corrected chi connectivity index (χ1v) is 11.6. The van der Waals surface area contributed by atoms with E-state index in [2.05, 4.69) is 10.8 Å². The van der Waals surface area contributed by atoms with E-state index in [0.29, 0.717) is 42.1 Å². The molecule has 1 saturated carbocycles. The van der Waals surface area contributed by atoms with E-state index in [1.54, 1.807) is 36.4 Å². The number of benzene rings is 2. The minimum absolute atomic E-state index is 0.0655. The molecule has 3 rings (SSSR count). The second-order valence-corrected chi connectivity index (χ2v) is 8.80. The summed E-state index contributed by atoms with van der Waals surface area (Å²) in [4.78, 5) is 52.9. The zero-order valence-electron chi connectivity index (χ0n) is 19.6. The van der Waals surface area contributed by atoms with Crippen LogP contribution in [0.15, 0.2) is 48.5 Å². The fourth-order valence-corrected chi connectivity index (χ4v) is 4.09. The summed E-state index contributed by atoms with van der Waals surface area (Å²) in [6.07, 6.45) is 3.24. The number of carbonyl (C=O) groups excluding carboxylic acids is 3. The Labute approximate surface area is 203 Å². The van der Waals surface area contributed by atoms with Crippen LogP contribution in [-0.2, 0) is 20.8 Å². The lowest BCUT2D eigenvalue weighted by molar-refractivity contribution is -0.384. The highest BCUT2D eigenvalue weighted by Crippen LogP contribution is 2.28. The van der Waals surface area contributed by atoms with E-state index >= 15 is 0 Å². The number of nitro benzene ring substituents is 1. The molecule has 0 aliphatic heterocycles. The van der Waals surface area contributed by atoms with Gasteiger partial charge in [0.25, 0.3) is 5.69 Å². The molecule has 1 atom stereocenters. The van der Waals surface area contributed by atoms with Crippen molar-refractivity contribution >= 4 is 29.0 Å². The number of rotatable bonds is 10. The summed E-state index contributed by atoms with van der Waals surface area (Å²) < 4.78 is 0. The molecule has 2 aromatic rings. The van der Waals surface area contributed by atoms with Crippen LogP contribution in [0.4, 0.5) is 11.4 Å². The van der Waals surface area contributed by atoms with Crippen molar-refractivity contribution < 1.29 is 24.1 Å². The predicted molar refractivity (Wildman–Crippen MR) is 129 cm³/mol. The molecule has 35 heavy (non-hydrogen) atoms. The first-order valence-electron chi connectivity index (χ1n) is 11.6. The molecule has 186 valence electrons. The second kappa shape index (κ2) is 12.1. The summed E-state index contributed by atoms with van der Waals surface area (Å²) in [7, 11) is 0. The fraction of sp³-hybridized carbons (Fsp3) is 0.400. The van der Waals surface area contributed by atoms with Gasteiger partial charge in [0.1, 0.15) is 6.04 Å². The summed E-state index contributed by atoms with van der Waals surface area (Å²) in [5, 5.41) is 13.7. The molecule has 10 nitrogen and oxygen atoms in total. The molecule has 0 bridgehead atoms. The van der Waals surface area contributed by atoms with Crippen molar-refractivity contribution in [1.29, 1.82) is 0 Å². The zero-order valence-corrected chi connectivity index (χ0v) is 19.6. The molecule has 1 aliphatic rings. The van der Waals surface area contributed by atoms with Crippen molar-refractivity contribution in [3.8, 4) is 0 Å². The van der Waals surface area contributed by atoms with E-state index in [9.17, 15) is 24.5 Å². The molecule has 1 amide bonds. The van der Waals surface area contributed by atoms with Crippen molar-refractivity contribution in [3.63, 3.8) is 0 Å². The van der Waals surface area contributed by atoms with Gasteiger partial charge in [0.15, 0.2) is 5.78 Å². The Balaban J connectivity index is 1.68. The standard InChI is InChI=1S/C25H30N4O6/c1-16(30)19-8-10-21(11-9-19)28-35-25(32)23(14-17-4-12-22(13-5-17)29(33)34)27-24(31)20-6-2-18(15-26)3-7-20/h4-5,8-13,18,20,23,28H,2-3,6-7,14-15,26H2,1H3,(H,27,31)/t18?,20?,23-/m0/s1. The van der Waals surface area contributed by atoms with Gasteiger partial charge < -0.3 is 15.9 Å². The van der Waals surface area contributed by atoms with Gasteiger partial charge >= 0.3 is 5.97 Å². The third-order valence-corrected chi connectivity index (χ3v) is 6.30. The molecule has 0 aromatic heterocycles. The number of carbonyl (C=O) groups is 3. The Hall–Kier alpha value is -3.79. The van der Waals surface area contributed by atoms with Gasteiger partial charge in [-0.2, -0.15) is 0 Å². The Morgan fingerprint density at radius 1 is 1.06 bits per heavy atom. The van der Waals surface area contributed by atoms with Crippen LogP contribution in [0, 0.1) is 22.0 Å². The van der Waals surface area contributed by atoms with Crippen molar-refractivity contribution in [3.05, 3.63) is 69.8 Å². The van der Waals surface area contributed by atoms with Crippen LogP contribution in [0.5, 0.6) is 0 Å². The van der Waals surface area contributed by atoms with Gasteiger partial charge in [-0.1, -0.05) is 12.1 Å². The van der Waals surface area contributed by atoms with Crippen LogP contribution in [-0.4, -0.2) is 35.2 Å². The lowest BCUT2D eigenvalue weighted by atomic mass is 9.81. The third kappa shape index (κ3) is 7.35. The average molecular weight is 483 g/mol. The van der Waals surface area contributed by atoms with E-state index in [4.69, 9.17) is 10.6 Å². The van der Waals surface area contributed by atoms with Gasteiger partial charge in [0.05, 0.1) is 10.6 Å². The number of nitro groups is 1. The molecule has 0 spiro atoms. The number of ketones is 1. The summed E-state index contributed by atoms with van der Waals surface area (Å²) in [5.74, 6) is -0.811. The van der Waals surface area contributed by atoms with E-state index in [0.717, 1.165) is 12.8 Å². The highest BCUT2D eigenvalue weighted by Gasteiger charge is 2.30. The number of hydrogen-bond donors (Lipinski definition) is 3. The quantitative estimate of drug-likeness (QED) is 0.265. The van der Waals surface area contributed by atoms with Gasteiger partial charge in [-0.3, -0.25) is 19.7 Å². The van der Waals surface area contributed by atoms with Crippen LogP contribution in [0.2, 0.25) is 0 Å². The molecule has 0 radical (unpaired) electrons. The smallest absolute Gasteiger partial charge is 0.342 e. The molecule has 10 heteroatoms. The van der Waals surface area contributed by atoms with E-state index in [1.807, 2.05) is 0 Å². The van der Waals surface area contributed by atoms with Crippen molar-refractivity contribution in [1.82, 2.24) is 5.32 Å². The molecule has 4 N–H and O–H groups in total. The number of nitrogens with zero attached hydrogens (tertiary/aromatic N) is 1. The van der Waals surface area contributed by atoms with E-state index < -0.39 is 16.9 Å². The number of non-ortho nitro benzene ring substituents is 1. The van der Waals surface area contributed by atoms with Crippen LogP contribution >= 0.6 is 0 Å². The lowest BCUT2D eigenvalue weighted by Gasteiger charge is -2.28. The molecule has 1 aliphatic carbocycles. The van der Waals surface area contributed by atoms with Gasteiger partial charge in [-0.15, -0.1) is 0 Å². The predicted octanol–water partition coefficient (Wildman–Crippen LogP) is 3.16. The van der Waals surface area contributed by atoms with Gasteiger partial charge in [-0.05, 0) is 74.9 Å². The first-order chi connectivity index (χ1) is 16.8. The monoisotopic (exact) mass is 482 g/mol. The zero-order chi connectivity index (χ0) is 25.4. The Bertz CT molecular complexity index is 1050. The second-order valence-electron chi connectivity index (χ2n) is 8.80. The Kier molecular flexibility index (Phi) is 8.91. The minimum atomic E-state index is -1.000. The summed E-state index contributed by atoms with van der Waals surface area (Å²) in [5.41, 5.74) is 9.84. The van der Waals surface area contributed by atoms with E-state index in [-0.39, 0.29) is 29.7 Å². The average Bonchev–Trinajstić information content (AvgIpc) is 2.87. The molecule has 0 unspecified atom stereocenters. The highest BCUT2D eigenvalue weighted by atomic mass is 16.7. The highest BCUT2D eigenvalue weighted by molar-refractivity contribution is 5.94. The molecule has 0 heterocycles. The minimum Gasteiger partial charge on any atom is -0.342 e. The van der Waals surface area contributed by atoms with Gasteiger partial charge in [0.2, 0.25) is 5.91 Å². The third-order valence-electron chi connectivity index (χ3n) is 6.30. The number of hydrogen-bond acceptors (Lipinski definition) is 8. The maximum Gasteiger partial charge on any atom is 0.354 e. The largest absolute Gasteiger partial charge is 0.354 e. The normalized spacial score (nSPS) is 18.2. The number of amides is 1. The van der Waals surface area contributed by atoms with Gasteiger partial charge in [0, 0.05) is 30.0 Å². The molecular formula is C25H30N4O6.